The number of para-hydroxylation sites is 2. The second-order valence-corrected chi connectivity index (χ2v) is 7.18. The van der Waals surface area contributed by atoms with E-state index < -0.39 is 0 Å². The van der Waals surface area contributed by atoms with Gasteiger partial charge in [-0.2, -0.15) is 0 Å². The number of amidine groups is 1. The Kier molecular flexibility index (Phi) is 5.40. The fourth-order valence-corrected chi connectivity index (χ4v) is 3.80. The number of nitrogens with zero attached hydrogens (tertiary/aromatic N) is 3. The highest BCUT2D eigenvalue weighted by atomic mass is 16.5. The van der Waals surface area contributed by atoms with Gasteiger partial charge >= 0.3 is 0 Å². The zero-order valence-corrected chi connectivity index (χ0v) is 16.9. The number of rotatable bonds is 3. The second kappa shape index (κ2) is 8.13. The maximum absolute atomic E-state index is 12.3. The Balaban J connectivity index is 1.70. The van der Waals surface area contributed by atoms with Crippen molar-refractivity contribution >= 4 is 17.4 Å². The van der Waals surface area contributed by atoms with Crippen molar-refractivity contribution < 1.29 is 19.0 Å². The third-order valence-corrected chi connectivity index (χ3v) is 5.25. The van der Waals surface area contributed by atoms with E-state index in [4.69, 9.17) is 19.2 Å². The molecule has 0 aliphatic carbocycles. The molecule has 0 aromatic heterocycles. The van der Waals surface area contributed by atoms with Crippen LogP contribution in [0.15, 0.2) is 47.5 Å². The fraction of sp³-hybridized carbons (Fsp3) is 0.364. The lowest BCUT2D eigenvalue weighted by molar-refractivity contribution is -0.138. The van der Waals surface area contributed by atoms with E-state index in [9.17, 15) is 4.79 Å². The number of amides is 1. The van der Waals surface area contributed by atoms with Crippen LogP contribution in [0.2, 0.25) is 0 Å². The Bertz CT molecular complexity index is 943. The third kappa shape index (κ3) is 3.78. The van der Waals surface area contributed by atoms with Crippen molar-refractivity contribution in [1.29, 1.82) is 0 Å². The largest absolute Gasteiger partial charge is 0.497 e. The summed E-state index contributed by atoms with van der Waals surface area (Å²) in [5.41, 5.74) is 1.66. The quantitative estimate of drug-likeness (QED) is 0.799. The van der Waals surface area contributed by atoms with Gasteiger partial charge in [-0.15, -0.1) is 0 Å². The van der Waals surface area contributed by atoms with Crippen molar-refractivity contribution in [2.75, 3.05) is 40.5 Å². The highest BCUT2D eigenvalue weighted by Crippen LogP contribution is 2.39. The van der Waals surface area contributed by atoms with Crippen molar-refractivity contribution in [3.63, 3.8) is 0 Å². The zero-order chi connectivity index (χ0) is 20.4. The summed E-state index contributed by atoms with van der Waals surface area (Å²) >= 11 is 0. The number of ether oxygens (including phenoxy) is 3. The minimum Gasteiger partial charge on any atom is -0.497 e. The lowest BCUT2D eigenvalue weighted by atomic mass is 10.1. The van der Waals surface area contributed by atoms with Crippen LogP contribution < -0.4 is 9.47 Å². The van der Waals surface area contributed by atoms with E-state index >= 15 is 0 Å². The highest BCUT2D eigenvalue weighted by Gasteiger charge is 2.31. The molecule has 2 aromatic carbocycles. The van der Waals surface area contributed by atoms with Gasteiger partial charge in [0.1, 0.15) is 29.6 Å². The first-order chi connectivity index (χ1) is 14.1. The van der Waals surface area contributed by atoms with E-state index in [1.807, 2.05) is 54.3 Å². The van der Waals surface area contributed by atoms with E-state index in [0.717, 1.165) is 34.3 Å². The van der Waals surface area contributed by atoms with E-state index in [2.05, 4.69) is 4.90 Å². The molecule has 0 N–H and O–H groups in total. The van der Waals surface area contributed by atoms with Crippen LogP contribution in [0.1, 0.15) is 12.5 Å². The number of methoxy groups -OCH3 is 2. The number of fused-ring (bicyclic) bond motifs is 2. The molecule has 0 bridgehead atoms. The summed E-state index contributed by atoms with van der Waals surface area (Å²) in [5, 5.41) is 0. The Labute approximate surface area is 170 Å². The van der Waals surface area contributed by atoms with Gasteiger partial charge < -0.3 is 24.0 Å². The molecule has 2 heterocycles. The normalized spacial score (nSPS) is 18.2. The molecule has 4 rings (SSSR count). The van der Waals surface area contributed by atoms with E-state index in [1.54, 1.807) is 14.2 Å². The average Bonchev–Trinajstić information content (AvgIpc) is 2.89. The molecule has 1 fully saturated rings. The number of piperazine rings is 1. The zero-order valence-electron chi connectivity index (χ0n) is 16.9. The van der Waals surface area contributed by atoms with Gasteiger partial charge in [-0.3, -0.25) is 4.79 Å². The van der Waals surface area contributed by atoms with Crippen LogP contribution in [0, 0.1) is 0 Å². The number of carbonyl (C=O) groups excluding carboxylic acids is 1. The molecular weight excluding hydrogens is 370 g/mol. The summed E-state index contributed by atoms with van der Waals surface area (Å²) in [6, 6.07) is 13.5. The van der Waals surface area contributed by atoms with Crippen LogP contribution >= 0.6 is 0 Å². The molecule has 2 aliphatic rings. The Morgan fingerprint density at radius 1 is 1.17 bits per heavy atom. The van der Waals surface area contributed by atoms with Crippen LogP contribution in [-0.2, 0) is 9.53 Å². The highest BCUT2D eigenvalue weighted by molar-refractivity contribution is 6.04. The monoisotopic (exact) mass is 395 g/mol. The molecule has 29 heavy (non-hydrogen) atoms. The van der Waals surface area contributed by atoms with E-state index in [0.29, 0.717) is 19.6 Å². The summed E-state index contributed by atoms with van der Waals surface area (Å²) in [6.45, 7) is 4.12. The summed E-state index contributed by atoms with van der Waals surface area (Å²) in [5.74, 6) is 3.04. The van der Waals surface area contributed by atoms with Crippen LogP contribution in [0.25, 0.3) is 0 Å². The molecule has 7 heteroatoms. The first-order valence-electron chi connectivity index (χ1n) is 9.68. The summed E-state index contributed by atoms with van der Waals surface area (Å²) in [7, 11) is 3.19. The number of aliphatic imine (C=N–C) groups is 1. The molecule has 1 amide bonds. The number of hydrogen-bond acceptors (Lipinski definition) is 6. The lowest BCUT2D eigenvalue weighted by Crippen LogP contribution is -2.56. The minimum absolute atomic E-state index is 0.0122. The molecule has 2 aliphatic heterocycles. The second-order valence-electron chi connectivity index (χ2n) is 7.18. The standard InChI is InChI=1S/C22H25N3O4/c1-15-13-24(10-11-25(15)21(26)14-27-2)22-17-12-16(28-3)8-9-19(17)29-20-7-5-4-6-18(20)23-22/h4-9,12,15H,10-11,13-14H2,1-3H3. The van der Waals surface area contributed by atoms with Gasteiger partial charge in [-0.25, -0.2) is 4.99 Å². The summed E-state index contributed by atoms with van der Waals surface area (Å²) in [4.78, 5) is 21.3. The van der Waals surface area contributed by atoms with Crippen molar-refractivity contribution in [3.05, 3.63) is 48.0 Å². The van der Waals surface area contributed by atoms with Gasteiger partial charge in [0.25, 0.3) is 0 Å². The Hall–Kier alpha value is -3.06. The SMILES string of the molecule is COCC(=O)N1CCN(C2=Nc3ccccc3Oc3ccc(OC)cc32)CC1C. The Morgan fingerprint density at radius 2 is 2.00 bits per heavy atom. The number of benzene rings is 2. The molecular formula is C22H25N3O4. The van der Waals surface area contributed by atoms with E-state index in [-0.39, 0.29) is 18.6 Å². The van der Waals surface area contributed by atoms with Gasteiger partial charge in [0.15, 0.2) is 5.75 Å². The molecule has 7 nitrogen and oxygen atoms in total. The molecule has 0 spiro atoms. The Morgan fingerprint density at radius 3 is 2.76 bits per heavy atom. The third-order valence-electron chi connectivity index (χ3n) is 5.25. The lowest BCUT2D eigenvalue weighted by Gasteiger charge is -2.41. The van der Waals surface area contributed by atoms with Gasteiger partial charge in [-0.05, 0) is 37.3 Å². The predicted molar refractivity (Wildman–Crippen MR) is 110 cm³/mol. The van der Waals surface area contributed by atoms with Gasteiger partial charge in [0.2, 0.25) is 5.91 Å². The maximum Gasteiger partial charge on any atom is 0.248 e. The van der Waals surface area contributed by atoms with Gasteiger partial charge in [0, 0.05) is 32.8 Å². The smallest absolute Gasteiger partial charge is 0.248 e. The predicted octanol–water partition coefficient (Wildman–Crippen LogP) is 3.06. The van der Waals surface area contributed by atoms with Crippen molar-refractivity contribution in [1.82, 2.24) is 9.80 Å². The van der Waals surface area contributed by atoms with Gasteiger partial charge in [-0.1, -0.05) is 12.1 Å². The minimum atomic E-state index is 0.0122. The number of hydrogen-bond donors (Lipinski definition) is 0. The molecule has 0 saturated carbocycles. The summed E-state index contributed by atoms with van der Waals surface area (Å²) in [6.07, 6.45) is 0. The van der Waals surface area contributed by atoms with Gasteiger partial charge in [0.05, 0.1) is 12.7 Å². The van der Waals surface area contributed by atoms with Crippen molar-refractivity contribution in [2.24, 2.45) is 4.99 Å². The van der Waals surface area contributed by atoms with Crippen LogP contribution in [-0.4, -0.2) is 68.0 Å². The number of carbonyl (C=O) groups is 1. The molecule has 1 unspecified atom stereocenters. The average molecular weight is 395 g/mol. The molecule has 152 valence electrons. The molecule has 1 saturated heterocycles. The van der Waals surface area contributed by atoms with Crippen molar-refractivity contribution in [3.8, 4) is 17.2 Å². The summed E-state index contributed by atoms with van der Waals surface area (Å²) < 4.78 is 16.6. The van der Waals surface area contributed by atoms with Crippen LogP contribution in [0.4, 0.5) is 5.69 Å². The van der Waals surface area contributed by atoms with E-state index in [1.165, 1.54) is 0 Å². The van der Waals surface area contributed by atoms with Crippen molar-refractivity contribution in [2.45, 2.75) is 13.0 Å². The molecule has 2 aromatic rings. The fourth-order valence-electron chi connectivity index (χ4n) is 3.80. The van der Waals surface area contributed by atoms with Crippen LogP contribution in [0.5, 0.6) is 17.2 Å². The topological polar surface area (TPSA) is 63.6 Å². The van der Waals surface area contributed by atoms with Crippen LogP contribution in [0.3, 0.4) is 0 Å². The maximum atomic E-state index is 12.3. The molecule has 1 atom stereocenters. The first kappa shape index (κ1) is 19.3. The first-order valence-corrected chi connectivity index (χ1v) is 9.68. The molecule has 0 radical (unpaired) electrons.